The first-order valence-corrected chi connectivity index (χ1v) is 11.1. The average Bonchev–Trinajstić information content (AvgIpc) is 2.66. The molecule has 1 saturated heterocycles. The van der Waals surface area contributed by atoms with Crippen LogP contribution in [0.1, 0.15) is 78.1 Å². The van der Waals surface area contributed by atoms with Crippen molar-refractivity contribution in [3.8, 4) is 0 Å². The molecule has 0 aromatic carbocycles. The largest absolute Gasteiger partial charge is 0.392 e. The van der Waals surface area contributed by atoms with Crippen LogP contribution in [-0.4, -0.2) is 61.3 Å². The van der Waals surface area contributed by atoms with Gasteiger partial charge in [0.25, 0.3) is 0 Å². The first-order chi connectivity index (χ1) is 12.6. The first-order valence-electron chi connectivity index (χ1n) is 11.1. The third kappa shape index (κ3) is 7.43. The number of hydrogen-bond acceptors (Lipinski definition) is 3. The second-order valence-corrected chi connectivity index (χ2v) is 8.50. The minimum Gasteiger partial charge on any atom is -0.392 e. The highest BCUT2D eigenvalue weighted by Gasteiger charge is 2.35. The van der Waals surface area contributed by atoms with Crippen molar-refractivity contribution >= 4 is 5.96 Å². The lowest BCUT2D eigenvalue weighted by Crippen LogP contribution is -2.42. The predicted octanol–water partition coefficient (Wildman–Crippen LogP) is 3.14. The van der Waals surface area contributed by atoms with Gasteiger partial charge in [-0.3, -0.25) is 4.99 Å². The van der Waals surface area contributed by atoms with Crippen molar-refractivity contribution < 1.29 is 5.11 Å². The van der Waals surface area contributed by atoms with E-state index in [1.165, 1.54) is 64.6 Å². The fourth-order valence-corrected chi connectivity index (χ4v) is 4.19. The Labute approximate surface area is 161 Å². The standard InChI is InChI=1S/C21H42N4O/c1-3-22-20(24-18-21(2)13-7-6-12-19(21)26)23-14-8-4-9-15-25-16-10-5-11-17-25/h19,26H,3-18H2,1-2H3,(H2,22,23,24). The quantitative estimate of drug-likeness (QED) is 0.333. The van der Waals surface area contributed by atoms with Crippen LogP contribution in [0, 0.1) is 5.41 Å². The van der Waals surface area contributed by atoms with Crippen LogP contribution in [0.4, 0.5) is 0 Å². The van der Waals surface area contributed by atoms with Crippen molar-refractivity contribution in [3.05, 3.63) is 0 Å². The molecule has 1 saturated carbocycles. The molecule has 5 heteroatoms. The number of aliphatic imine (C=N–C) groups is 1. The number of rotatable bonds is 9. The third-order valence-corrected chi connectivity index (χ3v) is 6.11. The van der Waals surface area contributed by atoms with E-state index < -0.39 is 0 Å². The summed E-state index contributed by atoms with van der Waals surface area (Å²) in [6, 6.07) is 0. The lowest BCUT2D eigenvalue weighted by atomic mass is 9.73. The van der Waals surface area contributed by atoms with E-state index in [4.69, 9.17) is 4.99 Å². The van der Waals surface area contributed by atoms with Crippen LogP contribution in [0.25, 0.3) is 0 Å². The van der Waals surface area contributed by atoms with Crippen LogP contribution in [0.15, 0.2) is 4.99 Å². The van der Waals surface area contributed by atoms with E-state index >= 15 is 0 Å². The Morgan fingerprint density at radius 1 is 1.08 bits per heavy atom. The smallest absolute Gasteiger partial charge is 0.191 e. The van der Waals surface area contributed by atoms with Crippen LogP contribution in [0.3, 0.4) is 0 Å². The van der Waals surface area contributed by atoms with Gasteiger partial charge in [-0.05, 0) is 65.1 Å². The van der Waals surface area contributed by atoms with E-state index in [0.717, 1.165) is 38.3 Å². The van der Waals surface area contributed by atoms with Crippen molar-refractivity contribution in [3.63, 3.8) is 0 Å². The molecule has 0 aromatic rings. The highest BCUT2D eigenvalue weighted by molar-refractivity contribution is 5.79. The van der Waals surface area contributed by atoms with Crippen molar-refractivity contribution in [2.75, 3.05) is 39.3 Å². The Morgan fingerprint density at radius 3 is 2.62 bits per heavy atom. The highest BCUT2D eigenvalue weighted by Crippen LogP contribution is 2.36. The lowest BCUT2D eigenvalue weighted by molar-refractivity contribution is 0.00716. The molecule has 0 radical (unpaired) electrons. The van der Waals surface area contributed by atoms with Gasteiger partial charge in [-0.25, -0.2) is 0 Å². The fraction of sp³-hybridized carbons (Fsp3) is 0.952. The molecule has 2 unspecified atom stereocenters. The molecule has 2 aliphatic rings. The maximum atomic E-state index is 10.3. The van der Waals surface area contributed by atoms with Gasteiger partial charge < -0.3 is 20.6 Å². The van der Waals surface area contributed by atoms with Crippen LogP contribution in [-0.2, 0) is 0 Å². The fourth-order valence-electron chi connectivity index (χ4n) is 4.19. The van der Waals surface area contributed by atoms with E-state index in [2.05, 4.69) is 29.4 Å². The number of aliphatic hydroxyl groups is 1. The van der Waals surface area contributed by atoms with E-state index in [9.17, 15) is 5.11 Å². The monoisotopic (exact) mass is 366 g/mol. The summed E-state index contributed by atoms with van der Waals surface area (Å²) in [4.78, 5) is 7.40. The van der Waals surface area contributed by atoms with Gasteiger partial charge in [0.05, 0.1) is 12.6 Å². The molecule has 1 heterocycles. The summed E-state index contributed by atoms with van der Waals surface area (Å²) >= 11 is 0. The van der Waals surface area contributed by atoms with Gasteiger partial charge in [0.2, 0.25) is 0 Å². The minimum atomic E-state index is -0.210. The Morgan fingerprint density at radius 2 is 1.88 bits per heavy atom. The SMILES string of the molecule is CCNC(=NCC1(C)CCCCC1O)NCCCCCN1CCCCC1. The summed E-state index contributed by atoms with van der Waals surface area (Å²) in [6.45, 7) is 10.7. The summed E-state index contributed by atoms with van der Waals surface area (Å²) in [6.07, 6.45) is 12.1. The van der Waals surface area contributed by atoms with Gasteiger partial charge in [0, 0.05) is 18.5 Å². The Hall–Kier alpha value is -0.810. The zero-order valence-electron chi connectivity index (χ0n) is 17.2. The lowest BCUT2D eigenvalue weighted by Gasteiger charge is -2.37. The molecule has 0 bridgehead atoms. The molecule has 1 aliphatic heterocycles. The predicted molar refractivity (Wildman–Crippen MR) is 111 cm³/mol. The highest BCUT2D eigenvalue weighted by atomic mass is 16.3. The van der Waals surface area contributed by atoms with Gasteiger partial charge >= 0.3 is 0 Å². The molecule has 0 aromatic heterocycles. The zero-order chi connectivity index (χ0) is 18.7. The second-order valence-electron chi connectivity index (χ2n) is 8.50. The Bertz CT molecular complexity index is 409. The number of hydrogen-bond donors (Lipinski definition) is 3. The molecule has 0 amide bonds. The normalized spacial score (nSPS) is 28.1. The van der Waals surface area contributed by atoms with Crippen molar-refractivity contribution in [1.29, 1.82) is 0 Å². The van der Waals surface area contributed by atoms with Crippen LogP contribution < -0.4 is 10.6 Å². The molecule has 3 N–H and O–H groups in total. The molecular weight excluding hydrogens is 324 g/mol. The number of unbranched alkanes of at least 4 members (excludes halogenated alkanes) is 2. The summed E-state index contributed by atoms with van der Waals surface area (Å²) in [5, 5.41) is 17.2. The van der Waals surface area contributed by atoms with Gasteiger partial charge in [-0.15, -0.1) is 0 Å². The van der Waals surface area contributed by atoms with Crippen molar-refractivity contribution in [2.24, 2.45) is 10.4 Å². The van der Waals surface area contributed by atoms with Gasteiger partial charge in [-0.1, -0.05) is 32.6 Å². The Balaban J connectivity index is 1.63. The second kappa shape index (κ2) is 11.8. The van der Waals surface area contributed by atoms with Crippen LogP contribution in [0.5, 0.6) is 0 Å². The summed E-state index contributed by atoms with van der Waals surface area (Å²) in [5.41, 5.74) is -0.0605. The molecule has 2 rings (SSSR count). The number of aliphatic hydroxyl groups excluding tert-OH is 1. The van der Waals surface area contributed by atoms with E-state index in [0.29, 0.717) is 6.54 Å². The minimum absolute atomic E-state index is 0.0605. The van der Waals surface area contributed by atoms with E-state index in [1.807, 2.05) is 0 Å². The number of piperidine rings is 1. The molecule has 2 fully saturated rings. The molecule has 0 spiro atoms. The van der Waals surface area contributed by atoms with Crippen LogP contribution in [0.2, 0.25) is 0 Å². The molecule has 1 aliphatic carbocycles. The number of nitrogens with one attached hydrogen (secondary N) is 2. The maximum Gasteiger partial charge on any atom is 0.191 e. The number of guanidine groups is 1. The molecule has 152 valence electrons. The van der Waals surface area contributed by atoms with Gasteiger partial charge in [0.15, 0.2) is 5.96 Å². The number of likely N-dealkylation sites (tertiary alicyclic amines) is 1. The Kier molecular flexibility index (Phi) is 9.76. The molecule has 26 heavy (non-hydrogen) atoms. The maximum absolute atomic E-state index is 10.3. The first kappa shape index (κ1) is 21.5. The average molecular weight is 367 g/mol. The molecule has 2 atom stereocenters. The molecular formula is C21H42N4O. The van der Waals surface area contributed by atoms with Gasteiger partial charge in [-0.2, -0.15) is 0 Å². The molecule has 5 nitrogen and oxygen atoms in total. The van der Waals surface area contributed by atoms with Gasteiger partial charge in [0.1, 0.15) is 0 Å². The summed E-state index contributed by atoms with van der Waals surface area (Å²) in [7, 11) is 0. The third-order valence-electron chi connectivity index (χ3n) is 6.11. The zero-order valence-corrected chi connectivity index (χ0v) is 17.2. The topological polar surface area (TPSA) is 59.9 Å². The number of nitrogens with zero attached hydrogens (tertiary/aromatic N) is 2. The summed E-state index contributed by atoms with van der Waals surface area (Å²) < 4.78 is 0. The van der Waals surface area contributed by atoms with Crippen molar-refractivity contribution in [1.82, 2.24) is 15.5 Å². The van der Waals surface area contributed by atoms with Crippen LogP contribution >= 0.6 is 0 Å². The van der Waals surface area contributed by atoms with E-state index in [1.54, 1.807) is 0 Å². The van der Waals surface area contributed by atoms with Crippen molar-refractivity contribution in [2.45, 2.75) is 84.2 Å². The van der Waals surface area contributed by atoms with E-state index in [-0.39, 0.29) is 11.5 Å². The summed E-state index contributed by atoms with van der Waals surface area (Å²) in [5.74, 6) is 0.905.